The van der Waals surface area contributed by atoms with Crippen LogP contribution in [0.4, 0.5) is 0 Å². The fourth-order valence-electron chi connectivity index (χ4n) is 3.28. The van der Waals surface area contributed by atoms with Gasteiger partial charge in [0.25, 0.3) is 0 Å². The molecule has 0 amide bonds. The zero-order chi connectivity index (χ0) is 12.7. The predicted octanol–water partition coefficient (Wildman–Crippen LogP) is 3.39. The minimum Gasteiger partial charge on any atom is -0.358 e. The van der Waals surface area contributed by atoms with E-state index in [-0.39, 0.29) is 0 Å². The predicted molar refractivity (Wildman–Crippen MR) is 77.2 cm³/mol. The number of nitrogens with one attached hydrogen (secondary N) is 2. The second kappa shape index (κ2) is 4.43. The van der Waals surface area contributed by atoms with E-state index in [2.05, 4.69) is 43.2 Å². The van der Waals surface area contributed by atoms with E-state index in [0.717, 1.165) is 6.42 Å². The summed E-state index contributed by atoms with van der Waals surface area (Å²) in [5, 5.41) is 5.03. The Morgan fingerprint density at radius 1 is 1.22 bits per heavy atom. The van der Waals surface area contributed by atoms with E-state index in [0.29, 0.717) is 6.04 Å². The van der Waals surface area contributed by atoms with Crippen molar-refractivity contribution in [2.24, 2.45) is 0 Å². The monoisotopic (exact) mass is 242 g/mol. The molecule has 2 heterocycles. The molecule has 1 aliphatic rings. The standard InChI is InChI=1S/C16H22N2/c1-10-7-11(2)16-15(8-10)14(12(3)18-16)9-13-5-4-6-17-13/h7-8,13,17-18H,4-6,9H2,1-3H3. The van der Waals surface area contributed by atoms with Crippen LogP contribution < -0.4 is 5.32 Å². The number of aryl methyl sites for hydroxylation is 3. The lowest BCUT2D eigenvalue weighted by Gasteiger charge is -2.10. The fourth-order valence-corrected chi connectivity index (χ4v) is 3.28. The molecule has 1 unspecified atom stereocenters. The van der Waals surface area contributed by atoms with Gasteiger partial charge in [-0.15, -0.1) is 0 Å². The van der Waals surface area contributed by atoms with Crippen LogP contribution in [0, 0.1) is 20.8 Å². The highest BCUT2D eigenvalue weighted by Gasteiger charge is 2.18. The van der Waals surface area contributed by atoms with Crippen LogP contribution in [0.1, 0.15) is 35.2 Å². The number of rotatable bonds is 2. The number of H-pyrrole nitrogens is 1. The van der Waals surface area contributed by atoms with E-state index >= 15 is 0 Å². The largest absolute Gasteiger partial charge is 0.358 e. The molecule has 0 spiro atoms. The van der Waals surface area contributed by atoms with Crippen molar-refractivity contribution in [1.29, 1.82) is 0 Å². The van der Waals surface area contributed by atoms with Gasteiger partial charge in [0.15, 0.2) is 0 Å². The third-order valence-electron chi connectivity index (χ3n) is 4.18. The first kappa shape index (κ1) is 11.8. The quantitative estimate of drug-likeness (QED) is 0.830. The molecule has 1 saturated heterocycles. The van der Waals surface area contributed by atoms with Gasteiger partial charge in [-0.1, -0.05) is 11.6 Å². The smallest absolute Gasteiger partial charge is 0.0488 e. The summed E-state index contributed by atoms with van der Waals surface area (Å²) < 4.78 is 0. The molecule has 2 N–H and O–H groups in total. The molecule has 0 bridgehead atoms. The first-order valence-corrected chi connectivity index (χ1v) is 6.97. The van der Waals surface area contributed by atoms with Gasteiger partial charge in [0.1, 0.15) is 0 Å². The van der Waals surface area contributed by atoms with E-state index in [1.54, 1.807) is 0 Å². The summed E-state index contributed by atoms with van der Waals surface area (Å²) in [4.78, 5) is 3.57. The van der Waals surface area contributed by atoms with Gasteiger partial charge in [-0.25, -0.2) is 0 Å². The molecule has 2 nitrogen and oxygen atoms in total. The third-order valence-corrected chi connectivity index (χ3v) is 4.18. The average Bonchev–Trinajstić information content (AvgIpc) is 2.91. The van der Waals surface area contributed by atoms with Gasteiger partial charge < -0.3 is 10.3 Å². The van der Waals surface area contributed by atoms with Gasteiger partial charge in [0.2, 0.25) is 0 Å². The van der Waals surface area contributed by atoms with E-state index in [4.69, 9.17) is 0 Å². The maximum atomic E-state index is 3.60. The molecule has 2 aromatic rings. The van der Waals surface area contributed by atoms with Crippen molar-refractivity contribution in [1.82, 2.24) is 10.3 Å². The summed E-state index contributed by atoms with van der Waals surface area (Å²) in [6, 6.07) is 5.26. The number of aromatic amines is 1. The Hall–Kier alpha value is -1.28. The van der Waals surface area contributed by atoms with E-state index < -0.39 is 0 Å². The molecule has 0 radical (unpaired) electrons. The van der Waals surface area contributed by atoms with Crippen molar-refractivity contribution in [3.63, 3.8) is 0 Å². The zero-order valence-corrected chi connectivity index (χ0v) is 11.6. The van der Waals surface area contributed by atoms with Crippen LogP contribution in [0.2, 0.25) is 0 Å². The summed E-state index contributed by atoms with van der Waals surface area (Å²) in [5.41, 5.74) is 6.90. The molecule has 3 rings (SSSR count). The van der Waals surface area contributed by atoms with Crippen LogP contribution in [0.3, 0.4) is 0 Å². The van der Waals surface area contributed by atoms with E-state index in [1.165, 1.54) is 52.7 Å². The van der Waals surface area contributed by atoms with Gasteiger partial charge in [0.05, 0.1) is 0 Å². The molecular weight excluding hydrogens is 220 g/mol. The molecule has 2 heteroatoms. The van der Waals surface area contributed by atoms with Crippen LogP contribution in [0.5, 0.6) is 0 Å². The third kappa shape index (κ3) is 1.95. The van der Waals surface area contributed by atoms with Crippen molar-refractivity contribution < 1.29 is 0 Å². The molecule has 1 aromatic heterocycles. The van der Waals surface area contributed by atoms with Crippen molar-refractivity contribution in [3.8, 4) is 0 Å². The van der Waals surface area contributed by atoms with Gasteiger partial charge in [-0.3, -0.25) is 0 Å². The van der Waals surface area contributed by atoms with Gasteiger partial charge in [-0.05, 0) is 63.8 Å². The summed E-state index contributed by atoms with van der Waals surface area (Å²) >= 11 is 0. The first-order valence-electron chi connectivity index (χ1n) is 6.97. The van der Waals surface area contributed by atoms with Crippen LogP contribution >= 0.6 is 0 Å². The lowest BCUT2D eigenvalue weighted by Crippen LogP contribution is -2.23. The lowest BCUT2D eigenvalue weighted by atomic mass is 9.99. The van der Waals surface area contributed by atoms with Crippen molar-refractivity contribution in [2.45, 2.75) is 46.1 Å². The maximum Gasteiger partial charge on any atom is 0.0488 e. The normalized spacial score (nSPS) is 19.8. The molecule has 1 atom stereocenters. The summed E-state index contributed by atoms with van der Waals surface area (Å²) in [6.07, 6.45) is 3.80. The van der Waals surface area contributed by atoms with Crippen LogP contribution in [0.25, 0.3) is 10.9 Å². The Morgan fingerprint density at radius 2 is 2.06 bits per heavy atom. The Kier molecular flexibility index (Phi) is 2.90. The summed E-state index contributed by atoms with van der Waals surface area (Å²) in [7, 11) is 0. The average molecular weight is 242 g/mol. The number of aromatic nitrogens is 1. The Morgan fingerprint density at radius 3 is 2.78 bits per heavy atom. The second-order valence-electron chi connectivity index (χ2n) is 5.73. The molecular formula is C16H22N2. The zero-order valence-electron chi connectivity index (χ0n) is 11.6. The van der Waals surface area contributed by atoms with Crippen molar-refractivity contribution in [2.75, 3.05) is 6.54 Å². The Bertz CT molecular complexity index is 574. The number of hydrogen-bond acceptors (Lipinski definition) is 1. The van der Waals surface area contributed by atoms with Crippen LogP contribution in [0.15, 0.2) is 12.1 Å². The second-order valence-corrected chi connectivity index (χ2v) is 5.73. The van der Waals surface area contributed by atoms with E-state index in [9.17, 15) is 0 Å². The van der Waals surface area contributed by atoms with E-state index in [1.807, 2.05) is 0 Å². The summed E-state index contributed by atoms with van der Waals surface area (Å²) in [5.74, 6) is 0. The Balaban J connectivity index is 2.06. The number of benzene rings is 1. The lowest BCUT2D eigenvalue weighted by molar-refractivity contribution is 0.603. The summed E-state index contributed by atoms with van der Waals surface area (Å²) in [6.45, 7) is 7.78. The Labute approximate surface area is 109 Å². The molecule has 96 valence electrons. The van der Waals surface area contributed by atoms with Gasteiger partial charge in [-0.2, -0.15) is 0 Å². The molecule has 0 saturated carbocycles. The first-order chi connectivity index (χ1) is 8.65. The highest BCUT2D eigenvalue weighted by molar-refractivity contribution is 5.88. The highest BCUT2D eigenvalue weighted by Crippen LogP contribution is 2.28. The van der Waals surface area contributed by atoms with Crippen molar-refractivity contribution in [3.05, 3.63) is 34.5 Å². The fraction of sp³-hybridized carbons (Fsp3) is 0.500. The van der Waals surface area contributed by atoms with Crippen LogP contribution in [-0.4, -0.2) is 17.6 Å². The van der Waals surface area contributed by atoms with Crippen LogP contribution in [-0.2, 0) is 6.42 Å². The number of fused-ring (bicyclic) bond motifs is 1. The van der Waals surface area contributed by atoms with Gasteiger partial charge in [0, 0.05) is 22.6 Å². The minimum absolute atomic E-state index is 0.670. The number of hydrogen-bond donors (Lipinski definition) is 2. The molecule has 0 aliphatic carbocycles. The molecule has 18 heavy (non-hydrogen) atoms. The molecule has 1 aliphatic heterocycles. The topological polar surface area (TPSA) is 27.8 Å². The minimum atomic E-state index is 0.670. The molecule has 1 fully saturated rings. The molecule has 1 aromatic carbocycles. The maximum absolute atomic E-state index is 3.60. The highest BCUT2D eigenvalue weighted by atomic mass is 14.9. The van der Waals surface area contributed by atoms with Crippen molar-refractivity contribution >= 4 is 10.9 Å². The van der Waals surface area contributed by atoms with Gasteiger partial charge >= 0.3 is 0 Å². The SMILES string of the molecule is Cc1cc(C)c2[nH]c(C)c(CC3CCCN3)c2c1.